The molecule has 1 aliphatic heterocycles. The van der Waals surface area contributed by atoms with Crippen molar-refractivity contribution in [3.05, 3.63) is 35.7 Å². The lowest BCUT2D eigenvalue weighted by molar-refractivity contribution is -0.159. The molecule has 1 unspecified atom stereocenters. The minimum atomic E-state index is -4.70. The summed E-state index contributed by atoms with van der Waals surface area (Å²) in [6.45, 7) is 1.75. The molecule has 10 heteroatoms. The zero-order valence-corrected chi connectivity index (χ0v) is 12.9. The zero-order valence-electron chi connectivity index (χ0n) is 12.9. The van der Waals surface area contributed by atoms with Crippen molar-refractivity contribution in [1.29, 1.82) is 0 Å². The van der Waals surface area contributed by atoms with Crippen LogP contribution < -0.4 is 5.32 Å². The summed E-state index contributed by atoms with van der Waals surface area (Å²) in [5.41, 5.74) is 0.653. The topological polar surface area (TPSA) is 86.5 Å². The van der Waals surface area contributed by atoms with Crippen LogP contribution in [0.2, 0.25) is 0 Å². The standard InChI is InChI=1S/C15H14F3N3O4/c16-15(17,18)14-20-12(21-25-14)9-1-3-10(4-2-9)13(22)19-7-11-8-23-5-6-24-11/h1-4,11H,5-8H2,(H,19,22). The van der Waals surface area contributed by atoms with Crippen LogP contribution in [-0.2, 0) is 15.7 Å². The normalized spacial score (nSPS) is 18.1. The highest BCUT2D eigenvalue weighted by Gasteiger charge is 2.38. The van der Waals surface area contributed by atoms with Gasteiger partial charge < -0.3 is 19.3 Å². The molecule has 25 heavy (non-hydrogen) atoms. The van der Waals surface area contributed by atoms with Gasteiger partial charge in [0, 0.05) is 17.7 Å². The van der Waals surface area contributed by atoms with Gasteiger partial charge in [0.25, 0.3) is 5.91 Å². The Balaban J connectivity index is 1.61. The third-order valence-electron chi connectivity index (χ3n) is 3.45. The molecule has 0 radical (unpaired) electrons. The summed E-state index contributed by atoms with van der Waals surface area (Å²) in [6, 6.07) is 5.82. The molecule has 7 nitrogen and oxygen atoms in total. The average Bonchev–Trinajstić information content (AvgIpc) is 3.11. The van der Waals surface area contributed by atoms with Gasteiger partial charge in [-0.3, -0.25) is 4.79 Å². The first kappa shape index (κ1) is 17.4. The smallest absolute Gasteiger partial charge is 0.376 e. The molecule has 1 fully saturated rings. The van der Waals surface area contributed by atoms with Gasteiger partial charge in [-0.15, -0.1) is 0 Å². The number of hydrogen-bond acceptors (Lipinski definition) is 6. The van der Waals surface area contributed by atoms with E-state index >= 15 is 0 Å². The van der Waals surface area contributed by atoms with Crippen molar-refractivity contribution in [1.82, 2.24) is 15.5 Å². The van der Waals surface area contributed by atoms with Gasteiger partial charge >= 0.3 is 12.1 Å². The first-order valence-electron chi connectivity index (χ1n) is 7.42. The van der Waals surface area contributed by atoms with Gasteiger partial charge in [0.1, 0.15) is 0 Å². The number of halogens is 3. The van der Waals surface area contributed by atoms with E-state index in [1.54, 1.807) is 0 Å². The molecule has 1 aliphatic rings. The Hall–Kier alpha value is -2.46. The number of carbonyl (C=O) groups is 1. The van der Waals surface area contributed by atoms with E-state index in [2.05, 4.69) is 20.0 Å². The molecule has 1 aromatic heterocycles. The highest BCUT2D eigenvalue weighted by atomic mass is 19.4. The maximum absolute atomic E-state index is 12.5. The summed E-state index contributed by atoms with van der Waals surface area (Å²) in [5.74, 6) is -1.95. The summed E-state index contributed by atoms with van der Waals surface area (Å²) in [4.78, 5) is 15.4. The van der Waals surface area contributed by atoms with Crippen molar-refractivity contribution in [2.75, 3.05) is 26.4 Å². The molecule has 0 bridgehead atoms. The lowest BCUT2D eigenvalue weighted by Gasteiger charge is -2.23. The van der Waals surface area contributed by atoms with Crippen molar-refractivity contribution in [3.63, 3.8) is 0 Å². The van der Waals surface area contributed by atoms with Crippen molar-refractivity contribution in [2.24, 2.45) is 0 Å². The largest absolute Gasteiger partial charge is 0.471 e. The first-order valence-corrected chi connectivity index (χ1v) is 7.42. The summed E-state index contributed by atoms with van der Waals surface area (Å²) in [7, 11) is 0. The third-order valence-corrected chi connectivity index (χ3v) is 3.45. The Labute approximate surface area is 140 Å². The summed E-state index contributed by atoms with van der Waals surface area (Å²) < 4.78 is 52.2. The van der Waals surface area contributed by atoms with Crippen molar-refractivity contribution < 1.29 is 32.0 Å². The summed E-state index contributed by atoms with van der Waals surface area (Å²) in [6.07, 6.45) is -4.90. The molecule has 3 rings (SSSR count). The Bertz CT molecular complexity index is 724. The first-order chi connectivity index (χ1) is 11.9. The maximum atomic E-state index is 12.5. The van der Waals surface area contributed by atoms with Gasteiger partial charge in [-0.25, -0.2) is 0 Å². The molecule has 1 N–H and O–H groups in total. The molecule has 1 saturated heterocycles. The number of benzene rings is 1. The fraction of sp³-hybridized carbons (Fsp3) is 0.400. The molecule has 1 amide bonds. The van der Waals surface area contributed by atoms with Crippen LogP contribution in [0, 0.1) is 0 Å². The van der Waals surface area contributed by atoms with Crippen LogP contribution in [0.1, 0.15) is 16.2 Å². The Kier molecular flexibility index (Phi) is 5.00. The van der Waals surface area contributed by atoms with Gasteiger partial charge in [-0.1, -0.05) is 17.3 Å². The Morgan fingerprint density at radius 1 is 1.24 bits per heavy atom. The predicted octanol–water partition coefficient (Wildman–Crippen LogP) is 1.90. The summed E-state index contributed by atoms with van der Waals surface area (Å²) in [5, 5.41) is 6.00. The lowest BCUT2D eigenvalue weighted by Crippen LogP contribution is -2.39. The number of alkyl halides is 3. The van der Waals surface area contributed by atoms with E-state index in [-0.39, 0.29) is 17.8 Å². The van der Waals surface area contributed by atoms with E-state index < -0.39 is 12.1 Å². The van der Waals surface area contributed by atoms with Gasteiger partial charge in [0.05, 0.1) is 25.9 Å². The van der Waals surface area contributed by atoms with Crippen LogP contribution in [0.3, 0.4) is 0 Å². The minimum Gasteiger partial charge on any atom is -0.376 e. The number of amides is 1. The zero-order chi connectivity index (χ0) is 17.9. The number of aromatic nitrogens is 2. The molecule has 0 saturated carbocycles. The second kappa shape index (κ2) is 7.19. The van der Waals surface area contributed by atoms with E-state index in [0.29, 0.717) is 37.5 Å². The highest BCUT2D eigenvalue weighted by molar-refractivity contribution is 5.94. The van der Waals surface area contributed by atoms with Gasteiger partial charge in [0.15, 0.2) is 0 Å². The number of nitrogens with one attached hydrogen (secondary N) is 1. The van der Waals surface area contributed by atoms with E-state index in [1.165, 1.54) is 24.3 Å². The predicted molar refractivity (Wildman–Crippen MR) is 77.6 cm³/mol. The fourth-order valence-electron chi connectivity index (χ4n) is 2.19. The van der Waals surface area contributed by atoms with Gasteiger partial charge in [0.2, 0.25) is 5.82 Å². The molecule has 2 heterocycles. The van der Waals surface area contributed by atoms with Crippen LogP contribution >= 0.6 is 0 Å². The van der Waals surface area contributed by atoms with Crippen molar-refractivity contribution >= 4 is 5.91 Å². The van der Waals surface area contributed by atoms with Crippen LogP contribution in [0.15, 0.2) is 28.8 Å². The van der Waals surface area contributed by atoms with Crippen LogP contribution in [0.25, 0.3) is 11.4 Å². The number of carbonyl (C=O) groups excluding carboxylic acids is 1. The number of nitrogens with zero attached hydrogens (tertiary/aromatic N) is 2. The second-order valence-corrected chi connectivity index (χ2v) is 5.28. The van der Waals surface area contributed by atoms with E-state index in [4.69, 9.17) is 9.47 Å². The number of rotatable bonds is 4. The number of ether oxygens (including phenoxy) is 2. The monoisotopic (exact) mass is 357 g/mol. The van der Waals surface area contributed by atoms with E-state index in [9.17, 15) is 18.0 Å². The van der Waals surface area contributed by atoms with Crippen molar-refractivity contribution in [3.8, 4) is 11.4 Å². The maximum Gasteiger partial charge on any atom is 0.471 e. The third kappa shape index (κ3) is 4.34. The Morgan fingerprint density at radius 2 is 2.00 bits per heavy atom. The molecule has 1 aromatic carbocycles. The Morgan fingerprint density at radius 3 is 2.60 bits per heavy atom. The molecule has 2 aromatic rings. The van der Waals surface area contributed by atoms with Gasteiger partial charge in [-0.2, -0.15) is 18.2 Å². The quantitative estimate of drug-likeness (QED) is 0.899. The van der Waals surface area contributed by atoms with Crippen LogP contribution in [0.5, 0.6) is 0 Å². The van der Waals surface area contributed by atoms with E-state index in [0.717, 1.165) is 0 Å². The van der Waals surface area contributed by atoms with Crippen LogP contribution in [0.4, 0.5) is 13.2 Å². The molecule has 1 atom stereocenters. The fourth-order valence-corrected chi connectivity index (χ4v) is 2.19. The van der Waals surface area contributed by atoms with Gasteiger partial charge in [-0.05, 0) is 12.1 Å². The molecular formula is C15H14F3N3O4. The second-order valence-electron chi connectivity index (χ2n) is 5.28. The molecule has 134 valence electrons. The highest BCUT2D eigenvalue weighted by Crippen LogP contribution is 2.29. The SMILES string of the molecule is O=C(NCC1COCCO1)c1ccc(-c2noc(C(F)(F)F)n2)cc1. The molecular weight excluding hydrogens is 343 g/mol. The van der Waals surface area contributed by atoms with E-state index in [1.807, 2.05) is 0 Å². The van der Waals surface area contributed by atoms with Crippen molar-refractivity contribution in [2.45, 2.75) is 12.3 Å². The number of hydrogen-bond donors (Lipinski definition) is 1. The summed E-state index contributed by atoms with van der Waals surface area (Å²) >= 11 is 0. The van der Waals surface area contributed by atoms with Crippen LogP contribution in [-0.4, -0.2) is 48.5 Å². The molecule has 0 aliphatic carbocycles. The average molecular weight is 357 g/mol. The molecule has 0 spiro atoms. The lowest BCUT2D eigenvalue weighted by atomic mass is 10.1. The minimum absolute atomic E-state index is 0.197.